The Morgan fingerprint density at radius 2 is 1.75 bits per heavy atom. The topological polar surface area (TPSA) is 88.1 Å². The van der Waals surface area contributed by atoms with Crippen LogP contribution in [0.1, 0.15) is 11.3 Å². The number of amides is 1. The number of halogens is 2. The van der Waals surface area contributed by atoms with Crippen molar-refractivity contribution in [1.82, 2.24) is 19.4 Å². The third kappa shape index (κ3) is 4.74. The van der Waals surface area contributed by atoms with Crippen LogP contribution in [0.2, 0.25) is 10.0 Å². The fourth-order valence-corrected chi connectivity index (χ4v) is 3.68. The van der Waals surface area contributed by atoms with Crippen LogP contribution in [0.4, 0.5) is 0 Å². The van der Waals surface area contributed by atoms with Crippen LogP contribution in [0.5, 0.6) is 0 Å². The fraction of sp³-hybridized carbons (Fsp3) is 0.130. The van der Waals surface area contributed by atoms with Crippen molar-refractivity contribution in [3.8, 4) is 0 Å². The van der Waals surface area contributed by atoms with Gasteiger partial charge in [-0.25, -0.2) is 4.79 Å². The Kier molecular flexibility index (Phi) is 6.39. The smallest absolute Gasteiger partial charge is 0.329 e. The number of para-hydroxylation sites is 1. The fourth-order valence-electron chi connectivity index (χ4n) is 3.36. The molecule has 4 rings (SSSR count). The van der Waals surface area contributed by atoms with Gasteiger partial charge in [-0.3, -0.25) is 19.1 Å². The molecule has 162 valence electrons. The molecular weight excluding hydrogens is 451 g/mol. The Hall–Kier alpha value is -3.42. The van der Waals surface area contributed by atoms with E-state index in [4.69, 9.17) is 23.2 Å². The number of aromatic nitrogens is 3. The van der Waals surface area contributed by atoms with Crippen molar-refractivity contribution in [3.63, 3.8) is 0 Å². The summed E-state index contributed by atoms with van der Waals surface area (Å²) in [5.41, 5.74) is 0.677. The number of hydrogen-bond acceptors (Lipinski definition) is 4. The van der Waals surface area contributed by atoms with Gasteiger partial charge in [0.25, 0.3) is 5.56 Å². The summed E-state index contributed by atoms with van der Waals surface area (Å²) in [5.74, 6) is -0.412. The number of benzene rings is 2. The Balaban J connectivity index is 1.67. The van der Waals surface area contributed by atoms with Crippen LogP contribution in [-0.2, 0) is 24.4 Å². The highest BCUT2D eigenvalue weighted by atomic mass is 35.5. The van der Waals surface area contributed by atoms with Crippen molar-refractivity contribution >= 4 is 40.0 Å². The third-order valence-electron chi connectivity index (χ3n) is 4.97. The average Bonchev–Trinajstić information content (AvgIpc) is 2.79. The molecule has 1 amide bonds. The van der Waals surface area contributed by atoms with E-state index in [1.54, 1.807) is 60.8 Å². The number of H-pyrrole nitrogens is 1. The molecule has 0 spiro atoms. The van der Waals surface area contributed by atoms with Crippen LogP contribution in [-0.4, -0.2) is 25.3 Å². The van der Waals surface area contributed by atoms with Gasteiger partial charge in [0.15, 0.2) is 0 Å². The number of fused-ring (bicyclic) bond motifs is 1. The van der Waals surface area contributed by atoms with E-state index in [0.717, 1.165) is 10.1 Å². The predicted octanol–water partition coefficient (Wildman–Crippen LogP) is 3.62. The van der Waals surface area contributed by atoms with Crippen molar-refractivity contribution < 1.29 is 4.79 Å². The van der Waals surface area contributed by atoms with Gasteiger partial charge in [-0.1, -0.05) is 47.5 Å². The maximum atomic E-state index is 13.2. The standard InChI is InChI=1S/C23H18Cl2N4O3/c24-18-9-8-15(11-19(18)25)12-28(13-16-5-3-4-10-26-16)21(30)14-29-22(31)17-6-1-2-7-20(17)27-23(29)32/h1-11H,12-14H2,(H,27,32). The number of hydrogen-bond donors (Lipinski definition) is 1. The van der Waals surface area contributed by atoms with E-state index in [1.165, 1.54) is 4.90 Å². The van der Waals surface area contributed by atoms with E-state index < -0.39 is 23.7 Å². The first kappa shape index (κ1) is 21.8. The molecule has 9 heteroatoms. The molecular formula is C23H18Cl2N4O3. The first-order valence-corrected chi connectivity index (χ1v) is 10.5. The minimum Gasteiger partial charge on any atom is -0.331 e. The third-order valence-corrected chi connectivity index (χ3v) is 5.71. The highest BCUT2D eigenvalue weighted by molar-refractivity contribution is 6.42. The van der Waals surface area contributed by atoms with Crippen LogP contribution in [0.25, 0.3) is 10.9 Å². The van der Waals surface area contributed by atoms with E-state index in [1.807, 2.05) is 6.07 Å². The molecule has 1 N–H and O–H groups in total. The van der Waals surface area contributed by atoms with E-state index in [2.05, 4.69) is 9.97 Å². The quantitative estimate of drug-likeness (QED) is 0.467. The van der Waals surface area contributed by atoms with Crippen LogP contribution in [0.15, 0.2) is 76.4 Å². The molecule has 0 aliphatic heterocycles. The van der Waals surface area contributed by atoms with Gasteiger partial charge in [-0.05, 0) is 42.0 Å². The number of carbonyl (C=O) groups excluding carboxylic acids is 1. The summed E-state index contributed by atoms with van der Waals surface area (Å²) in [5, 5.41) is 1.12. The zero-order valence-electron chi connectivity index (χ0n) is 16.8. The molecule has 0 radical (unpaired) electrons. The molecule has 2 aromatic heterocycles. The second kappa shape index (κ2) is 9.38. The number of pyridine rings is 1. The van der Waals surface area contributed by atoms with Crippen molar-refractivity contribution in [2.75, 3.05) is 0 Å². The molecule has 2 heterocycles. The monoisotopic (exact) mass is 468 g/mol. The summed E-state index contributed by atoms with van der Waals surface area (Å²) in [7, 11) is 0. The SMILES string of the molecule is O=C(Cn1c(=O)[nH]c2ccccc2c1=O)N(Cc1ccc(Cl)c(Cl)c1)Cc1ccccn1. The summed E-state index contributed by atoms with van der Waals surface area (Å²) >= 11 is 12.1. The zero-order valence-corrected chi connectivity index (χ0v) is 18.3. The molecule has 2 aromatic carbocycles. The molecule has 0 atom stereocenters. The van der Waals surface area contributed by atoms with Gasteiger partial charge < -0.3 is 9.88 Å². The minimum absolute atomic E-state index is 0.195. The maximum absolute atomic E-state index is 13.2. The van der Waals surface area contributed by atoms with Crippen molar-refractivity contribution in [3.05, 3.63) is 109 Å². The van der Waals surface area contributed by atoms with Gasteiger partial charge in [-0.15, -0.1) is 0 Å². The summed E-state index contributed by atoms with van der Waals surface area (Å²) < 4.78 is 0.908. The minimum atomic E-state index is -0.644. The lowest BCUT2D eigenvalue weighted by atomic mass is 10.2. The first-order chi connectivity index (χ1) is 15.4. The van der Waals surface area contributed by atoms with E-state index >= 15 is 0 Å². The Morgan fingerprint density at radius 1 is 0.969 bits per heavy atom. The predicted molar refractivity (Wildman–Crippen MR) is 124 cm³/mol. The average molecular weight is 469 g/mol. The highest BCUT2D eigenvalue weighted by Crippen LogP contribution is 2.23. The van der Waals surface area contributed by atoms with E-state index in [-0.39, 0.29) is 13.1 Å². The van der Waals surface area contributed by atoms with Crippen molar-refractivity contribution in [2.45, 2.75) is 19.6 Å². The summed E-state index contributed by atoms with van der Waals surface area (Å²) in [6, 6.07) is 17.2. The molecule has 0 bridgehead atoms. The molecule has 32 heavy (non-hydrogen) atoms. The maximum Gasteiger partial charge on any atom is 0.329 e. The van der Waals surface area contributed by atoms with Gasteiger partial charge in [0.1, 0.15) is 6.54 Å². The molecule has 0 saturated carbocycles. The van der Waals surface area contributed by atoms with Crippen molar-refractivity contribution in [2.24, 2.45) is 0 Å². The molecule has 0 aliphatic rings. The number of nitrogens with zero attached hydrogens (tertiary/aromatic N) is 3. The van der Waals surface area contributed by atoms with Crippen LogP contribution in [0.3, 0.4) is 0 Å². The lowest BCUT2D eigenvalue weighted by Crippen LogP contribution is -2.42. The van der Waals surface area contributed by atoms with Crippen LogP contribution < -0.4 is 11.2 Å². The molecule has 7 nitrogen and oxygen atoms in total. The first-order valence-electron chi connectivity index (χ1n) is 9.76. The number of nitrogens with one attached hydrogen (secondary N) is 1. The number of rotatable bonds is 6. The van der Waals surface area contributed by atoms with Gasteiger partial charge >= 0.3 is 5.69 Å². The van der Waals surface area contributed by atoms with Gasteiger partial charge in [0.2, 0.25) is 5.91 Å². The lowest BCUT2D eigenvalue weighted by Gasteiger charge is -2.23. The summed E-state index contributed by atoms with van der Waals surface area (Å²) in [4.78, 5) is 47.0. The Labute approximate surface area is 192 Å². The Morgan fingerprint density at radius 3 is 2.50 bits per heavy atom. The highest BCUT2D eigenvalue weighted by Gasteiger charge is 2.19. The molecule has 0 unspecified atom stereocenters. The molecule has 0 aliphatic carbocycles. The second-order valence-corrected chi connectivity index (χ2v) is 8.00. The lowest BCUT2D eigenvalue weighted by molar-refractivity contribution is -0.133. The zero-order chi connectivity index (χ0) is 22.7. The van der Waals surface area contributed by atoms with Crippen LogP contribution >= 0.6 is 23.2 Å². The van der Waals surface area contributed by atoms with E-state index in [9.17, 15) is 14.4 Å². The van der Waals surface area contributed by atoms with Crippen LogP contribution in [0, 0.1) is 0 Å². The van der Waals surface area contributed by atoms with Gasteiger partial charge in [0, 0.05) is 12.7 Å². The largest absolute Gasteiger partial charge is 0.331 e. The number of carbonyl (C=O) groups is 1. The Bertz CT molecular complexity index is 1400. The molecule has 4 aromatic rings. The normalized spacial score (nSPS) is 10.9. The van der Waals surface area contributed by atoms with E-state index in [0.29, 0.717) is 26.6 Å². The van der Waals surface area contributed by atoms with Gasteiger partial charge in [-0.2, -0.15) is 0 Å². The van der Waals surface area contributed by atoms with Gasteiger partial charge in [0.05, 0.1) is 33.2 Å². The second-order valence-electron chi connectivity index (χ2n) is 7.19. The number of aromatic amines is 1. The molecule has 0 saturated heterocycles. The van der Waals surface area contributed by atoms with Crippen molar-refractivity contribution in [1.29, 1.82) is 0 Å². The summed E-state index contributed by atoms with van der Waals surface area (Å²) in [6.07, 6.45) is 1.63. The molecule has 0 fully saturated rings. The summed E-state index contributed by atoms with van der Waals surface area (Å²) in [6.45, 7) is -0.0140.